The number of hydrogen-bond donors (Lipinski definition) is 0. The molecular formula is C16H13ClFN3. The highest BCUT2D eigenvalue weighted by atomic mass is 35.5. The molecule has 2 heterocycles. The normalized spacial score (nSPS) is 10.8. The highest BCUT2D eigenvalue weighted by molar-refractivity contribution is 6.33. The summed E-state index contributed by atoms with van der Waals surface area (Å²) in [6, 6.07) is 9.04. The molecule has 0 spiro atoms. The first-order chi connectivity index (χ1) is 10.2. The average Bonchev–Trinajstić information content (AvgIpc) is 2.93. The number of aromatic nitrogens is 3. The van der Waals surface area contributed by atoms with Gasteiger partial charge in [0, 0.05) is 18.6 Å². The predicted octanol–water partition coefficient (Wildman–Crippen LogP) is 4.09. The van der Waals surface area contributed by atoms with E-state index < -0.39 is 0 Å². The maximum atomic E-state index is 14.4. The first-order valence-electron chi connectivity index (χ1n) is 6.53. The lowest BCUT2D eigenvalue weighted by molar-refractivity contribution is 0.618. The molecule has 0 atom stereocenters. The highest BCUT2D eigenvalue weighted by Gasteiger charge is 2.17. The Morgan fingerprint density at radius 1 is 1.14 bits per heavy atom. The van der Waals surface area contributed by atoms with E-state index in [1.54, 1.807) is 37.6 Å². The molecule has 3 aromatic rings. The largest absolute Gasteiger partial charge is 0.325 e. The Morgan fingerprint density at radius 3 is 2.76 bits per heavy atom. The summed E-state index contributed by atoms with van der Waals surface area (Å²) in [5.41, 5.74) is 1.75. The molecule has 0 aliphatic carbocycles. The molecule has 21 heavy (non-hydrogen) atoms. The average molecular weight is 302 g/mol. The molecule has 0 N–H and O–H groups in total. The van der Waals surface area contributed by atoms with Gasteiger partial charge in [-0.25, -0.2) is 9.37 Å². The summed E-state index contributed by atoms with van der Waals surface area (Å²) in [4.78, 5) is 8.53. The summed E-state index contributed by atoms with van der Waals surface area (Å²) in [6.07, 6.45) is 5.16. The zero-order valence-corrected chi connectivity index (χ0v) is 12.2. The summed E-state index contributed by atoms with van der Waals surface area (Å²) in [6.45, 7) is 2.22. The van der Waals surface area contributed by atoms with Crippen molar-refractivity contribution in [3.8, 4) is 11.4 Å². The van der Waals surface area contributed by atoms with Gasteiger partial charge in [-0.2, -0.15) is 0 Å². The van der Waals surface area contributed by atoms with Gasteiger partial charge in [-0.1, -0.05) is 23.7 Å². The zero-order chi connectivity index (χ0) is 14.8. The molecule has 1 aromatic carbocycles. The van der Waals surface area contributed by atoms with E-state index in [4.69, 9.17) is 11.6 Å². The number of rotatable bonds is 3. The van der Waals surface area contributed by atoms with Gasteiger partial charge in [0.05, 0.1) is 22.8 Å². The van der Waals surface area contributed by atoms with E-state index >= 15 is 0 Å². The quantitative estimate of drug-likeness (QED) is 0.729. The van der Waals surface area contributed by atoms with Crippen molar-refractivity contribution >= 4 is 11.6 Å². The van der Waals surface area contributed by atoms with Crippen LogP contribution in [0.2, 0.25) is 5.02 Å². The lowest BCUT2D eigenvalue weighted by Gasteiger charge is -2.11. The molecule has 0 saturated heterocycles. The van der Waals surface area contributed by atoms with Crippen molar-refractivity contribution in [1.82, 2.24) is 14.5 Å². The third-order valence-corrected chi connectivity index (χ3v) is 3.60. The molecule has 0 bridgehead atoms. The van der Waals surface area contributed by atoms with Crippen LogP contribution in [0, 0.1) is 12.7 Å². The second-order valence-electron chi connectivity index (χ2n) is 4.75. The molecule has 106 valence electrons. The summed E-state index contributed by atoms with van der Waals surface area (Å²) in [5.74, 6) is 0.169. The van der Waals surface area contributed by atoms with Gasteiger partial charge in [-0.3, -0.25) is 4.98 Å². The molecule has 0 saturated carbocycles. The maximum Gasteiger partial charge on any atom is 0.144 e. The van der Waals surface area contributed by atoms with Crippen molar-refractivity contribution < 1.29 is 4.39 Å². The van der Waals surface area contributed by atoms with E-state index in [-0.39, 0.29) is 5.82 Å². The van der Waals surface area contributed by atoms with Crippen molar-refractivity contribution in [2.24, 2.45) is 0 Å². The van der Waals surface area contributed by atoms with Crippen LogP contribution < -0.4 is 0 Å². The number of aryl methyl sites for hydroxylation is 1. The Morgan fingerprint density at radius 2 is 2.00 bits per heavy atom. The minimum atomic E-state index is -0.337. The molecule has 0 radical (unpaired) electrons. The van der Waals surface area contributed by atoms with E-state index in [0.717, 1.165) is 5.69 Å². The number of imidazole rings is 1. The minimum Gasteiger partial charge on any atom is -0.325 e. The SMILES string of the molecule is Cc1ccc(Cl)c(-c2nccn2Cc2ccccn2)c1F. The first kappa shape index (κ1) is 13.8. The van der Waals surface area contributed by atoms with Crippen molar-refractivity contribution in [3.05, 3.63) is 71.0 Å². The zero-order valence-electron chi connectivity index (χ0n) is 11.4. The smallest absolute Gasteiger partial charge is 0.144 e. The Labute approximate surface area is 127 Å². The lowest BCUT2D eigenvalue weighted by atomic mass is 10.1. The Balaban J connectivity index is 2.06. The molecular weight excluding hydrogens is 289 g/mol. The van der Waals surface area contributed by atoms with Gasteiger partial charge in [0.1, 0.15) is 11.6 Å². The van der Waals surface area contributed by atoms with Crippen molar-refractivity contribution in [3.63, 3.8) is 0 Å². The number of pyridine rings is 1. The first-order valence-corrected chi connectivity index (χ1v) is 6.90. The van der Waals surface area contributed by atoms with Gasteiger partial charge in [-0.05, 0) is 30.7 Å². The minimum absolute atomic E-state index is 0.331. The van der Waals surface area contributed by atoms with Crippen LogP contribution in [0.15, 0.2) is 48.9 Å². The van der Waals surface area contributed by atoms with Crippen LogP contribution in [-0.4, -0.2) is 14.5 Å². The van der Waals surface area contributed by atoms with E-state index in [0.29, 0.717) is 28.5 Å². The maximum absolute atomic E-state index is 14.4. The molecule has 3 nitrogen and oxygen atoms in total. The van der Waals surface area contributed by atoms with Gasteiger partial charge in [0.25, 0.3) is 0 Å². The molecule has 0 unspecified atom stereocenters. The van der Waals surface area contributed by atoms with Crippen molar-refractivity contribution in [2.45, 2.75) is 13.5 Å². The fourth-order valence-electron chi connectivity index (χ4n) is 2.19. The van der Waals surface area contributed by atoms with Gasteiger partial charge >= 0.3 is 0 Å². The summed E-state index contributed by atoms with van der Waals surface area (Å²) in [7, 11) is 0. The summed E-state index contributed by atoms with van der Waals surface area (Å²) < 4.78 is 16.2. The molecule has 3 rings (SSSR count). The molecule has 0 amide bonds. The molecule has 2 aromatic heterocycles. The molecule has 0 aliphatic rings. The Hall–Kier alpha value is -2.20. The summed E-state index contributed by atoms with van der Waals surface area (Å²) >= 11 is 6.16. The Kier molecular flexibility index (Phi) is 3.71. The molecule has 5 heteroatoms. The van der Waals surface area contributed by atoms with Crippen LogP contribution in [0.25, 0.3) is 11.4 Å². The number of nitrogens with zero attached hydrogens (tertiary/aromatic N) is 3. The van der Waals surface area contributed by atoms with E-state index in [9.17, 15) is 4.39 Å². The van der Waals surface area contributed by atoms with Crippen LogP contribution >= 0.6 is 11.6 Å². The molecule has 0 fully saturated rings. The monoisotopic (exact) mass is 301 g/mol. The van der Waals surface area contributed by atoms with E-state index in [2.05, 4.69) is 9.97 Å². The van der Waals surface area contributed by atoms with Crippen molar-refractivity contribution in [1.29, 1.82) is 0 Å². The second-order valence-corrected chi connectivity index (χ2v) is 5.16. The second kappa shape index (κ2) is 5.66. The standard InChI is InChI=1S/C16H13ClFN3/c1-11-5-6-13(17)14(15(11)18)16-20-8-9-21(16)10-12-4-2-3-7-19-12/h2-9H,10H2,1H3. The van der Waals surface area contributed by atoms with Gasteiger partial charge < -0.3 is 4.57 Å². The van der Waals surface area contributed by atoms with Crippen LogP contribution in [-0.2, 0) is 6.54 Å². The predicted molar refractivity (Wildman–Crippen MR) is 80.7 cm³/mol. The number of hydrogen-bond acceptors (Lipinski definition) is 2. The van der Waals surface area contributed by atoms with E-state index in [1.165, 1.54) is 0 Å². The van der Waals surface area contributed by atoms with Gasteiger partial charge in [0.2, 0.25) is 0 Å². The van der Waals surface area contributed by atoms with Crippen LogP contribution in [0.4, 0.5) is 4.39 Å². The number of halogens is 2. The highest BCUT2D eigenvalue weighted by Crippen LogP contribution is 2.31. The van der Waals surface area contributed by atoms with Crippen LogP contribution in [0.1, 0.15) is 11.3 Å². The van der Waals surface area contributed by atoms with Crippen LogP contribution in [0.3, 0.4) is 0 Å². The van der Waals surface area contributed by atoms with Gasteiger partial charge in [0.15, 0.2) is 0 Å². The lowest BCUT2D eigenvalue weighted by Crippen LogP contribution is -2.04. The van der Waals surface area contributed by atoms with E-state index in [1.807, 2.05) is 22.8 Å². The topological polar surface area (TPSA) is 30.7 Å². The van der Waals surface area contributed by atoms with Crippen molar-refractivity contribution in [2.75, 3.05) is 0 Å². The summed E-state index contributed by atoms with van der Waals surface area (Å²) in [5, 5.41) is 0.353. The molecule has 0 aliphatic heterocycles. The third-order valence-electron chi connectivity index (χ3n) is 3.28. The number of benzene rings is 1. The van der Waals surface area contributed by atoms with Gasteiger partial charge in [-0.15, -0.1) is 0 Å². The third kappa shape index (κ3) is 2.67. The fourth-order valence-corrected chi connectivity index (χ4v) is 2.42. The van der Waals surface area contributed by atoms with Crippen LogP contribution in [0.5, 0.6) is 0 Å². The fraction of sp³-hybridized carbons (Fsp3) is 0.125. The Bertz CT molecular complexity index is 768.